The van der Waals surface area contributed by atoms with E-state index < -0.39 is 34.8 Å². The van der Waals surface area contributed by atoms with E-state index in [1.807, 2.05) is 0 Å². The quantitative estimate of drug-likeness (QED) is 0.716. The molecule has 2 aromatic rings. The Morgan fingerprint density at radius 3 is 2.65 bits per heavy atom. The van der Waals surface area contributed by atoms with Crippen LogP contribution in [-0.2, 0) is 9.47 Å². The van der Waals surface area contributed by atoms with Crippen molar-refractivity contribution in [3.05, 3.63) is 38.9 Å². The van der Waals surface area contributed by atoms with E-state index in [1.165, 1.54) is 13.2 Å². The summed E-state index contributed by atoms with van der Waals surface area (Å²) in [6.07, 6.45) is 0.393. The molecule has 3 rings (SSSR count). The van der Waals surface area contributed by atoms with Crippen molar-refractivity contribution >= 4 is 23.0 Å². The highest BCUT2D eigenvalue weighted by Crippen LogP contribution is 2.38. The first kappa shape index (κ1) is 14.9. The molecule has 1 aromatic heterocycles. The van der Waals surface area contributed by atoms with E-state index in [-0.39, 0.29) is 22.3 Å². The van der Waals surface area contributed by atoms with Crippen molar-refractivity contribution in [3.8, 4) is 11.5 Å². The van der Waals surface area contributed by atoms with Crippen LogP contribution in [0.15, 0.2) is 21.0 Å². The maximum atomic E-state index is 12.7. The first-order chi connectivity index (χ1) is 10.8. The number of aromatic hydroxyl groups is 2. The number of ether oxygens (including phenoxy) is 2. The molecule has 0 radical (unpaired) electrons. The van der Waals surface area contributed by atoms with Crippen LogP contribution < -0.4 is 5.43 Å². The highest BCUT2D eigenvalue weighted by Gasteiger charge is 2.31. The number of allylic oxidation sites excluding steroid dienone is 1. The number of methoxy groups -OCH3 is 1. The second kappa shape index (κ2) is 5.03. The predicted molar refractivity (Wildman–Crippen MR) is 77.3 cm³/mol. The van der Waals surface area contributed by atoms with Gasteiger partial charge in [0.1, 0.15) is 28.2 Å². The maximum Gasteiger partial charge on any atom is 0.340 e. The van der Waals surface area contributed by atoms with Gasteiger partial charge in [0.2, 0.25) is 11.7 Å². The molecule has 2 heterocycles. The molecule has 120 valence electrons. The molecule has 3 N–H and O–H groups in total. The highest BCUT2D eigenvalue weighted by molar-refractivity contribution is 6.06. The van der Waals surface area contributed by atoms with Gasteiger partial charge < -0.3 is 29.2 Å². The Morgan fingerprint density at radius 2 is 2.04 bits per heavy atom. The molecule has 1 atom stereocenters. The molecule has 8 nitrogen and oxygen atoms in total. The minimum absolute atomic E-state index is 0.0156. The summed E-state index contributed by atoms with van der Waals surface area (Å²) in [5, 5.41) is 28.3. The molecule has 23 heavy (non-hydrogen) atoms. The molecule has 0 saturated carbocycles. The lowest BCUT2D eigenvalue weighted by Crippen LogP contribution is -2.23. The van der Waals surface area contributed by atoms with Crippen molar-refractivity contribution in [3.63, 3.8) is 0 Å². The van der Waals surface area contributed by atoms with Crippen molar-refractivity contribution in [2.45, 2.75) is 13.2 Å². The summed E-state index contributed by atoms with van der Waals surface area (Å²) in [5.74, 6) is -2.61. The van der Waals surface area contributed by atoms with Crippen molar-refractivity contribution in [2.24, 2.45) is 0 Å². The van der Waals surface area contributed by atoms with Crippen molar-refractivity contribution in [1.29, 1.82) is 0 Å². The molecule has 1 aromatic carbocycles. The first-order valence-corrected chi connectivity index (χ1v) is 6.51. The van der Waals surface area contributed by atoms with Gasteiger partial charge in [0.15, 0.2) is 11.5 Å². The largest absolute Gasteiger partial charge is 0.504 e. The Balaban J connectivity index is 2.51. The van der Waals surface area contributed by atoms with Gasteiger partial charge in [0, 0.05) is 19.3 Å². The van der Waals surface area contributed by atoms with E-state index in [0.717, 1.165) is 6.07 Å². The van der Waals surface area contributed by atoms with E-state index in [4.69, 9.17) is 13.9 Å². The number of hydrogen-bond donors (Lipinski definition) is 3. The van der Waals surface area contributed by atoms with Crippen LogP contribution in [0.3, 0.4) is 0 Å². The van der Waals surface area contributed by atoms with E-state index in [1.54, 1.807) is 6.92 Å². The minimum Gasteiger partial charge on any atom is -0.504 e. The van der Waals surface area contributed by atoms with Crippen LogP contribution in [0.4, 0.5) is 0 Å². The summed E-state index contributed by atoms with van der Waals surface area (Å²) >= 11 is 0. The summed E-state index contributed by atoms with van der Waals surface area (Å²) in [7, 11) is 1.32. The topological polar surface area (TPSA) is 126 Å². The number of benzene rings is 1. The van der Waals surface area contributed by atoms with Gasteiger partial charge >= 0.3 is 5.97 Å². The number of carbonyl (C=O) groups is 1. The third-order valence-electron chi connectivity index (χ3n) is 3.49. The molecule has 0 unspecified atom stereocenters. The zero-order chi connectivity index (χ0) is 16.9. The van der Waals surface area contributed by atoms with E-state index in [0.29, 0.717) is 5.76 Å². The average molecular weight is 320 g/mol. The molecule has 1 aliphatic rings. The molecule has 0 aliphatic carbocycles. The predicted octanol–water partition coefficient (Wildman–Crippen LogP) is 1.94. The first-order valence-electron chi connectivity index (χ1n) is 6.51. The fourth-order valence-electron chi connectivity index (χ4n) is 2.51. The molecular weight excluding hydrogens is 308 g/mol. The third-order valence-corrected chi connectivity index (χ3v) is 3.49. The SMILES string of the molecule is CO[C@H]1OC(C)=Cc2oc3cc(O)c(O)c(C(=O)O)c3c(=O)c21. The van der Waals surface area contributed by atoms with Crippen LogP contribution in [0.1, 0.15) is 34.9 Å². The molecule has 8 heteroatoms. The fraction of sp³-hybridized carbons (Fsp3) is 0.200. The molecule has 1 aliphatic heterocycles. The third kappa shape index (κ3) is 2.11. The van der Waals surface area contributed by atoms with Crippen LogP contribution in [0, 0.1) is 0 Å². The smallest absolute Gasteiger partial charge is 0.340 e. The number of hydrogen-bond acceptors (Lipinski definition) is 7. The van der Waals surface area contributed by atoms with E-state index in [9.17, 15) is 24.9 Å². The molecule has 0 spiro atoms. The molecular formula is C15H12O8. The van der Waals surface area contributed by atoms with Crippen LogP contribution in [-0.4, -0.2) is 28.4 Å². The van der Waals surface area contributed by atoms with Gasteiger partial charge in [-0.15, -0.1) is 0 Å². The van der Waals surface area contributed by atoms with Gasteiger partial charge in [0.25, 0.3) is 0 Å². The number of rotatable bonds is 2. The fourth-order valence-corrected chi connectivity index (χ4v) is 2.51. The standard InChI is InChI=1S/C15H12O8/c1-5-3-7-10(15(21-2)22-5)13(18)9-8(23-7)4-6(16)12(17)11(9)14(19)20/h3-4,15-17H,1-2H3,(H,19,20)/t15-/m0/s1. The number of phenolic OH excluding ortho intramolecular Hbond substituents is 1. The zero-order valence-electron chi connectivity index (χ0n) is 12.1. The molecule has 0 saturated heterocycles. The normalized spacial score (nSPS) is 16.6. The number of fused-ring (bicyclic) bond motifs is 2. The summed E-state index contributed by atoms with van der Waals surface area (Å²) in [5.41, 5.74) is -1.64. The van der Waals surface area contributed by atoms with E-state index >= 15 is 0 Å². The number of carboxylic acids is 1. The number of phenols is 2. The van der Waals surface area contributed by atoms with Gasteiger partial charge in [0.05, 0.1) is 5.39 Å². The zero-order valence-corrected chi connectivity index (χ0v) is 12.1. The van der Waals surface area contributed by atoms with Crippen LogP contribution in [0.5, 0.6) is 11.5 Å². The monoisotopic (exact) mass is 320 g/mol. The van der Waals surface area contributed by atoms with Crippen molar-refractivity contribution in [2.75, 3.05) is 7.11 Å². The van der Waals surface area contributed by atoms with Gasteiger partial charge in [-0.05, 0) is 6.92 Å². The summed E-state index contributed by atoms with van der Waals surface area (Å²) in [4.78, 5) is 24.1. The number of aromatic carboxylic acids is 1. The summed E-state index contributed by atoms with van der Waals surface area (Å²) in [6.45, 7) is 1.64. The Hall–Kier alpha value is -3.00. The minimum atomic E-state index is -1.58. The number of carboxylic acid groups (broad SMARTS) is 1. The Kier molecular flexibility index (Phi) is 3.26. The molecule has 0 fully saturated rings. The van der Waals surface area contributed by atoms with Crippen LogP contribution in [0.25, 0.3) is 17.0 Å². The Bertz CT molecular complexity index is 921. The summed E-state index contributed by atoms with van der Waals surface area (Å²) < 4.78 is 16.0. The molecule has 0 amide bonds. The van der Waals surface area contributed by atoms with Crippen molar-refractivity contribution < 1.29 is 34.0 Å². The van der Waals surface area contributed by atoms with Gasteiger partial charge in [-0.2, -0.15) is 0 Å². The second-order valence-electron chi connectivity index (χ2n) is 4.95. The Labute approximate surface area is 128 Å². The summed E-state index contributed by atoms with van der Waals surface area (Å²) in [6, 6.07) is 0.985. The van der Waals surface area contributed by atoms with Gasteiger partial charge in [-0.1, -0.05) is 0 Å². The average Bonchev–Trinajstić information content (AvgIpc) is 2.47. The maximum absolute atomic E-state index is 12.7. The van der Waals surface area contributed by atoms with Gasteiger partial charge in [-0.3, -0.25) is 4.79 Å². The lowest BCUT2D eigenvalue weighted by molar-refractivity contribution is -0.100. The highest BCUT2D eigenvalue weighted by atomic mass is 16.7. The Morgan fingerprint density at radius 1 is 1.35 bits per heavy atom. The molecule has 0 bridgehead atoms. The van der Waals surface area contributed by atoms with Crippen LogP contribution in [0.2, 0.25) is 0 Å². The second-order valence-corrected chi connectivity index (χ2v) is 4.95. The van der Waals surface area contributed by atoms with E-state index in [2.05, 4.69) is 0 Å². The van der Waals surface area contributed by atoms with Crippen molar-refractivity contribution in [1.82, 2.24) is 0 Å². The lowest BCUT2D eigenvalue weighted by Gasteiger charge is -2.23. The lowest BCUT2D eigenvalue weighted by atomic mass is 10.0. The van der Waals surface area contributed by atoms with Crippen LogP contribution >= 0.6 is 0 Å². The van der Waals surface area contributed by atoms with Gasteiger partial charge in [-0.25, -0.2) is 4.79 Å².